The molecule has 18 heavy (non-hydrogen) atoms. The Morgan fingerprint density at radius 3 is 2.83 bits per heavy atom. The van der Waals surface area contributed by atoms with Crippen LogP contribution >= 0.6 is 11.6 Å². The Balaban J connectivity index is 2.72. The Hall–Kier alpha value is -1.62. The lowest BCUT2D eigenvalue weighted by atomic mass is 10.1. The maximum absolute atomic E-state index is 11.8. The van der Waals surface area contributed by atoms with E-state index in [2.05, 4.69) is 10.3 Å². The van der Waals surface area contributed by atoms with Crippen LogP contribution in [-0.4, -0.2) is 28.0 Å². The molecule has 1 amide bonds. The number of hydrogen-bond donors (Lipinski definition) is 2. The van der Waals surface area contributed by atoms with Crippen molar-refractivity contribution in [3.63, 3.8) is 0 Å². The van der Waals surface area contributed by atoms with Crippen molar-refractivity contribution in [2.75, 3.05) is 0 Å². The standard InChI is InChI=1S/C12H15ClN2O3/c1-2-3-6-9(12(17)18)15-11(16)8-5-4-7-14-10(8)13/h4-5,7,9H,2-3,6H2,1H3,(H,15,16)(H,17,18). The summed E-state index contributed by atoms with van der Waals surface area (Å²) in [6.07, 6.45) is 3.46. The van der Waals surface area contributed by atoms with E-state index >= 15 is 0 Å². The van der Waals surface area contributed by atoms with Crippen molar-refractivity contribution >= 4 is 23.5 Å². The first-order chi connectivity index (χ1) is 8.56. The van der Waals surface area contributed by atoms with Crippen molar-refractivity contribution in [2.24, 2.45) is 0 Å². The van der Waals surface area contributed by atoms with Crippen LogP contribution < -0.4 is 5.32 Å². The van der Waals surface area contributed by atoms with E-state index in [1.165, 1.54) is 12.3 Å². The average molecular weight is 271 g/mol. The summed E-state index contributed by atoms with van der Waals surface area (Å²) in [5.74, 6) is -1.56. The maximum atomic E-state index is 11.8. The molecule has 1 aromatic heterocycles. The van der Waals surface area contributed by atoms with Crippen LogP contribution in [0.25, 0.3) is 0 Å². The molecular formula is C12H15ClN2O3. The zero-order valence-corrected chi connectivity index (χ0v) is 10.8. The van der Waals surface area contributed by atoms with E-state index in [1.807, 2.05) is 6.92 Å². The van der Waals surface area contributed by atoms with Crippen LogP contribution in [0.5, 0.6) is 0 Å². The van der Waals surface area contributed by atoms with Gasteiger partial charge in [0.2, 0.25) is 0 Å². The summed E-state index contributed by atoms with van der Waals surface area (Å²) in [6, 6.07) is 2.18. The average Bonchev–Trinajstić information content (AvgIpc) is 2.34. The number of halogens is 1. The molecule has 6 heteroatoms. The minimum absolute atomic E-state index is 0.0645. The van der Waals surface area contributed by atoms with Crippen molar-refractivity contribution in [1.29, 1.82) is 0 Å². The van der Waals surface area contributed by atoms with Crippen molar-refractivity contribution < 1.29 is 14.7 Å². The van der Waals surface area contributed by atoms with Gasteiger partial charge in [0, 0.05) is 6.20 Å². The van der Waals surface area contributed by atoms with Gasteiger partial charge in [-0.1, -0.05) is 31.4 Å². The molecule has 0 saturated heterocycles. The molecule has 0 aliphatic heterocycles. The molecule has 0 aliphatic rings. The first kappa shape index (κ1) is 14.4. The van der Waals surface area contributed by atoms with Gasteiger partial charge in [0.25, 0.3) is 5.91 Å². The number of carboxylic acids is 1. The highest BCUT2D eigenvalue weighted by Gasteiger charge is 2.21. The Labute approximate surface area is 110 Å². The number of carbonyl (C=O) groups is 2. The highest BCUT2D eigenvalue weighted by Crippen LogP contribution is 2.12. The lowest BCUT2D eigenvalue weighted by Crippen LogP contribution is -2.40. The number of nitrogens with zero attached hydrogens (tertiary/aromatic N) is 1. The molecule has 0 bridgehead atoms. The third-order valence-electron chi connectivity index (χ3n) is 2.45. The van der Waals surface area contributed by atoms with Crippen LogP contribution in [0.3, 0.4) is 0 Å². The summed E-state index contributed by atoms with van der Waals surface area (Å²) in [7, 11) is 0. The second-order valence-electron chi connectivity index (χ2n) is 3.85. The van der Waals surface area contributed by atoms with E-state index in [1.54, 1.807) is 6.07 Å². The predicted octanol–water partition coefficient (Wildman–Crippen LogP) is 2.11. The van der Waals surface area contributed by atoms with Gasteiger partial charge in [0.15, 0.2) is 0 Å². The van der Waals surface area contributed by atoms with Crippen LogP contribution in [0.2, 0.25) is 5.15 Å². The predicted molar refractivity (Wildman–Crippen MR) is 67.7 cm³/mol. The van der Waals surface area contributed by atoms with E-state index in [0.29, 0.717) is 6.42 Å². The lowest BCUT2D eigenvalue weighted by Gasteiger charge is -2.14. The van der Waals surface area contributed by atoms with E-state index < -0.39 is 17.9 Å². The topological polar surface area (TPSA) is 79.3 Å². The van der Waals surface area contributed by atoms with Gasteiger partial charge in [-0.2, -0.15) is 0 Å². The van der Waals surface area contributed by atoms with Crippen LogP contribution in [0, 0.1) is 0 Å². The molecule has 0 fully saturated rings. The molecule has 2 N–H and O–H groups in total. The summed E-state index contributed by atoms with van der Waals surface area (Å²) < 4.78 is 0. The first-order valence-electron chi connectivity index (χ1n) is 5.70. The Morgan fingerprint density at radius 1 is 1.56 bits per heavy atom. The summed E-state index contributed by atoms with van der Waals surface area (Å²) in [5.41, 5.74) is 0.182. The molecule has 0 spiro atoms. The number of unbranched alkanes of at least 4 members (excludes halogenated alkanes) is 1. The fourth-order valence-electron chi connectivity index (χ4n) is 1.46. The van der Waals surface area contributed by atoms with Crippen molar-refractivity contribution in [2.45, 2.75) is 32.2 Å². The Bertz CT molecular complexity index is 437. The van der Waals surface area contributed by atoms with Gasteiger partial charge >= 0.3 is 5.97 Å². The SMILES string of the molecule is CCCCC(NC(=O)c1cccnc1Cl)C(=O)O. The van der Waals surface area contributed by atoms with Crippen molar-refractivity contribution in [3.05, 3.63) is 29.0 Å². The number of aliphatic carboxylic acids is 1. The third-order valence-corrected chi connectivity index (χ3v) is 2.75. The van der Waals surface area contributed by atoms with Gasteiger partial charge in [0.1, 0.15) is 11.2 Å². The van der Waals surface area contributed by atoms with Crippen LogP contribution in [0.15, 0.2) is 18.3 Å². The van der Waals surface area contributed by atoms with Gasteiger partial charge in [-0.15, -0.1) is 0 Å². The number of rotatable bonds is 6. The van der Waals surface area contributed by atoms with Gasteiger partial charge < -0.3 is 10.4 Å². The van der Waals surface area contributed by atoms with Gasteiger partial charge in [0.05, 0.1) is 5.56 Å². The van der Waals surface area contributed by atoms with Crippen LogP contribution in [0.1, 0.15) is 36.5 Å². The molecule has 1 aromatic rings. The number of hydrogen-bond acceptors (Lipinski definition) is 3. The molecule has 1 rings (SSSR count). The molecule has 0 aromatic carbocycles. The second-order valence-corrected chi connectivity index (χ2v) is 4.21. The minimum Gasteiger partial charge on any atom is -0.480 e. The highest BCUT2D eigenvalue weighted by atomic mass is 35.5. The second kappa shape index (κ2) is 6.96. The van der Waals surface area contributed by atoms with Crippen molar-refractivity contribution in [3.8, 4) is 0 Å². The Morgan fingerprint density at radius 2 is 2.28 bits per heavy atom. The first-order valence-corrected chi connectivity index (χ1v) is 6.08. The number of pyridine rings is 1. The molecular weight excluding hydrogens is 256 g/mol. The zero-order valence-electron chi connectivity index (χ0n) is 10.0. The third kappa shape index (κ3) is 4.00. The summed E-state index contributed by atoms with van der Waals surface area (Å²) in [6.45, 7) is 1.96. The van der Waals surface area contributed by atoms with Crippen molar-refractivity contribution in [1.82, 2.24) is 10.3 Å². The van der Waals surface area contributed by atoms with E-state index in [4.69, 9.17) is 16.7 Å². The van der Waals surface area contributed by atoms with Crippen LogP contribution in [0.4, 0.5) is 0 Å². The number of carboxylic acid groups (broad SMARTS) is 1. The van der Waals surface area contributed by atoms with E-state index in [0.717, 1.165) is 12.8 Å². The molecule has 0 saturated carbocycles. The number of nitrogens with one attached hydrogen (secondary N) is 1. The highest BCUT2D eigenvalue weighted by molar-refractivity contribution is 6.32. The Kier molecular flexibility index (Phi) is 5.58. The normalized spacial score (nSPS) is 11.9. The molecule has 1 unspecified atom stereocenters. The zero-order chi connectivity index (χ0) is 13.5. The monoisotopic (exact) mass is 270 g/mol. The lowest BCUT2D eigenvalue weighted by molar-refractivity contribution is -0.139. The van der Waals surface area contributed by atoms with Gasteiger partial charge in [-0.05, 0) is 18.6 Å². The largest absolute Gasteiger partial charge is 0.480 e. The molecule has 1 heterocycles. The number of amides is 1. The number of carbonyl (C=O) groups excluding carboxylic acids is 1. The summed E-state index contributed by atoms with van der Waals surface area (Å²) in [5, 5.41) is 11.5. The van der Waals surface area contributed by atoms with Crippen LogP contribution in [-0.2, 0) is 4.79 Å². The molecule has 98 valence electrons. The van der Waals surface area contributed by atoms with Gasteiger partial charge in [-0.25, -0.2) is 9.78 Å². The van der Waals surface area contributed by atoms with E-state index in [9.17, 15) is 9.59 Å². The molecule has 0 aliphatic carbocycles. The summed E-state index contributed by atoms with van der Waals surface area (Å²) >= 11 is 5.77. The summed E-state index contributed by atoms with van der Waals surface area (Å²) in [4.78, 5) is 26.6. The molecule has 5 nitrogen and oxygen atoms in total. The van der Waals surface area contributed by atoms with Gasteiger partial charge in [-0.3, -0.25) is 4.79 Å². The minimum atomic E-state index is -1.04. The van der Waals surface area contributed by atoms with E-state index in [-0.39, 0.29) is 10.7 Å². The smallest absolute Gasteiger partial charge is 0.326 e. The quantitative estimate of drug-likeness (QED) is 0.776. The maximum Gasteiger partial charge on any atom is 0.326 e. The fraction of sp³-hybridized carbons (Fsp3) is 0.417. The number of aromatic nitrogens is 1. The molecule has 1 atom stereocenters. The molecule has 0 radical (unpaired) electrons. The fourth-order valence-corrected chi connectivity index (χ4v) is 1.66.